The summed E-state index contributed by atoms with van der Waals surface area (Å²) in [6.45, 7) is 4.14. The van der Waals surface area contributed by atoms with Crippen LogP contribution in [0.4, 0.5) is 16.0 Å². The average molecular weight is 446 g/mol. The quantitative estimate of drug-likeness (QED) is 0.306. The lowest BCUT2D eigenvalue weighted by molar-refractivity contribution is 0.445. The van der Waals surface area contributed by atoms with Crippen LogP contribution in [0.5, 0.6) is 0 Å². The molecule has 1 saturated carbocycles. The SMILES string of the molecule is CCCP(C)ONc1cccc(-c2nc(C3CC3)sc2-c2ccnc(NC)n2)c1F. The molecule has 1 aliphatic carbocycles. The van der Waals surface area contributed by atoms with Crippen molar-refractivity contribution in [2.45, 2.75) is 32.1 Å². The topological polar surface area (TPSA) is 72.0 Å². The lowest BCUT2D eigenvalue weighted by Gasteiger charge is -2.14. The Balaban J connectivity index is 1.72. The van der Waals surface area contributed by atoms with E-state index in [-0.39, 0.29) is 5.82 Å². The summed E-state index contributed by atoms with van der Waals surface area (Å²) in [5, 5.41) is 4.00. The van der Waals surface area contributed by atoms with E-state index in [0.717, 1.165) is 41.0 Å². The second-order valence-electron chi connectivity index (χ2n) is 7.23. The van der Waals surface area contributed by atoms with E-state index in [2.05, 4.69) is 27.7 Å². The summed E-state index contributed by atoms with van der Waals surface area (Å²) in [7, 11) is 1.14. The molecule has 1 unspecified atom stereocenters. The van der Waals surface area contributed by atoms with Gasteiger partial charge in [-0.2, -0.15) is 0 Å². The highest BCUT2D eigenvalue weighted by atomic mass is 32.1. The first-order chi connectivity index (χ1) is 14.6. The van der Waals surface area contributed by atoms with Crippen molar-refractivity contribution in [1.82, 2.24) is 15.0 Å². The summed E-state index contributed by atoms with van der Waals surface area (Å²) in [6, 6.07) is 7.11. The number of hydrogen-bond acceptors (Lipinski definition) is 7. The average Bonchev–Trinajstić information content (AvgIpc) is 3.52. The molecule has 6 nitrogen and oxygen atoms in total. The number of nitrogens with zero attached hydrogens (tertiary/aromatic N) is 3. The minimum Gasteiger partial charge on any atom is -0.357 e. The molecule has 1 atom stereocenters. The molecule has 0 aliphatic heterocycles. The van der Waals surface area contributed by atoms with Crippen molar-refractivity contribution in [3.8, 4) is 21.8 Å². The minimum atomic E-state index is -0.640. The molecule has 0 radical (unpaired) electrons. The van der Waals surface area contributed by atoms with E-state index in [1.165, 1.54) is 0 Å². The number of benzene rings is 1. The number of nitrogens with one attached hydrogen (secondary N) is 2. The number of aromatic nitrogens is 3. The second kappa shape index (κ2) is 9.33. The lowest BCUT2D eigenvalue weighted by Crippen LogP contribution is -2.02. The number of halogens is 1. The van der Waals surface area contributed by atoms with Crippen LogP contribution >= 0.6 is 19.5 Å². The molecular weight excluding hydrogens is 420 g/mol. The van der Waals surface area contributed by atoms with Crippen LogP contribution in [0.2, 0.25) is 0 Å². The van der Waals surface area contributed by atoms with Crippen molar-refractivity contribution >= 4 is 31.1 Å². The maximum atomic E-state index is 15.4. The van der Waals surface area contributed by atoms with Crippen molar-refractivity contribution in [1.29, 1.82) is 0 Å². The molecule has 4 rings (SSSR count). The van der Waals surface area contributed by atoms with Crippen LogP contribution in [0.25, 0.3) is 21.8 Å². The molecule has 2 N–H and O–H groups in total. The van der Waals surface area contributed by atoms with Crippen molar-refractivity contribution in [2.24, 2.45) is 0 Å². The van der Waals surface area contributed by atoms with Crippen molar-refractivity contribution < 1.29 is 9.01 Å². The van der Waals surface area contributed by atoms with Crippen LogP contribution in [0.3, 0.4) is 0 Å². The van der Waals surface area contributed by atoms with Crippen LogP contribution in [0.15, 0.2) is 30.5 Å². The molecule has 2 aromatic heterocycles. The van der Waals surface area contributed by atoms with Crippen LogP contribution in [0, 0.1) is 5.82 Å². The van der Waals surface area contributed by atoms with Gasteiger partial charge in [-0.25, -0.2) is 19.3 Å². The van der Waals surface area contributed by atoms with Crippen molar-refractivity contribution in [3.63, 3.8) is 0 Å². The maximum Gasteiger partial charge on any atom is 0.222 e. The van der Waals surface area contributed by atoms with Gasteiger partial charge in [0.15, 0.2) is 5.82 Å². The second-order valence-corrected chi connectivity index (χ2v) is 10.1. The number of rotatable bonds is 9. The number of hydrogen-bond donors (Lipinski definition) is 2. The monoisotopic (exact) mass is 445 g/mol. The maximum absolute atomic E-state index is 15.4. The fourth-order valence-corrected chi connectivity index (χ4v) is 5.28. The molecule has 1 aliphatic rings. The fourth-order valence-electron chi connectivity index (χ4n) is 3.08. The molecule has 3 aromatic rings. The van der Waals surface area contributed by atoms with Crippen LogP contribution in [-0.2, 0) is 4.62 Å². The van der Waals surface area contributed by atoms with Gasteiger partial charge in [0.2, 0.25) is 5.95 Å². The van der Waals surface area contributed by atoms with E-state index in [1.54, 1.807) is 36.7 Å². The molecule has 0 saturated heterocycles. The van der Waals surface area contributed by atoms with Gasteiger partial charge < -0.3 is 5.32 Å². The molecular formula is C21H25FN5OPS. The molecule has 0 amide bonds. The zero-order chi connectivity index (χ0) is 21.1. The molecule has 30 heavy (non-hydrogen) atoms. The summed E-state index contributed by atoms with van der Waals surface area (Å²) in [5.41, 5.74) is 4.95. The molecule has 1 aromatic carbocycles. The Morgan fingerprint density at radius 3 is 2.83 bits per heavy atom. The van der Waals surface area contributed by atoms with Crippen LogP contribution in [-0.4, -0.2) is 34.8 Å². The van der Waals surface area contributed by atoms with Crippen LogP contribution in [0.1, 0.15) is 37.1 Å². The Morgan fingerprint density at radius 2 is 2.10 bits per heavy atom. The highest BCUT2D eigenvalue weighted by Crippen LogP contribution is 2.47. The molecule has 158 valence electrons. The van der Waals surface area contributed by atoms with Gasteiger partial charge >= 0.3 is 0 Å². The first-order valence-corrected chi connectivity index (χ1v) is 12.8. The predicted octanol–water partition coefficient (Wildman–Crippen LogP) is 6.11. The molecule has 0 spiro atoms. The Morgan fingerprint density at radius 1 is 1.27 bits per heavy atom. The lowest BCUT2D eigenvalue weighted by atomic mass is 10.1. The normalized spacial score (nSPS) is 14.5. The van der Waals surface area contributed by atoms with E-state index < -0.39 is 8.15 Å². The summed E-state index contributed by atoms with van der Waals surface area (Å²) in [5.74, 6) is 0.629. The van der Waals surface area contributed by atoms with E-state index in [0.29, 0.717) is 28.8 Å². The molecule has 1 fully saturated rings. The smallest absolute Gasteiger partial charge is 0.222 e. The third-order valence-corrected chi connectivity index (χ3v) is 7.51. The zero-order valence-electron chi connectivity index (χ0n) is 17.3. The van der Waals surface area contributed by atoms with E-state index in [1.807, 2.05) is 18.8 Å². The Bertz CT molecular complexity index is 1030. The third-order valence-electron chi connectivity index (χ3n) is 4.79. The largest absolute Gasteiger partial charge is 0.357 e. The van der Waals surface area contributed by atoms with E-state index in [4.69, 9.17) is 9.61 Å². The van der Waals surface area contributed by atoms with Gasteiger partial charge in [-0.05, 0) is 50.3 Å². The van der Waals surface area contributed by atoms with Gasteiger partial charge in [0.1, 0.15) is 0 Å². The first-order valence-electron chi connectivity index (χ1n) is 10.1. The highest BCUT2D eigenvalue weighted by Gasteiger charge is 2.30. The van der Waals surface area contributed by atoms with Gasteiger partial charge in [0, 0.05) is 24.7 Å². The molecule has 2 heterocycles. The van der Waals surface area contributed by atoms with Gasteiger partial charge in [-0.1, -0.05) is 13.0 Å². The Kier molecular flexibility index (Phi) is 6.56. The van der Waals surface area contributed by atoms with Gasteiger partial charge in [-0.3, -0.25) is 10.1 Å². The predicted molar refractivity (Wildman–Crippen MR) is 123 cm³/mol. The van der Waals surface area contributed by atoms with E-state index in [9.17, 15) is 0 Å². The first kappa shape index (κ1) is 21.1. The Labute approximate surface area is 181 Å². The summed E-state index contributed by atoms with van der Waals surface area (Å²) < 4.78 is 21.1. The molecule has 0 bridgehead atoms. The fraction of sp³-hybridized carbons (Fsp3) is 0.381. The standard InChI is InChI=1S/C21H25FN5OPS/c1-4-12-29(3)28-27-15-7-5-6-14(17(15)22)18-19(30-20(26-18)13-8-9-13)16-10-11-24-21(23-2)25-16/h5-7,10-11,13,27H,4,8-9,12H2,1-3H3,(H,23,24,25). The van der Waals surface area contributed by atoms with Gasteiger partial charge in [0.25, 0.3) is 0 Å². The van der Waals surface area contributed by atoms with Gasteiger partial charge in [-0.15, -0.1) is 11.3 Å². The summed E-state index contributed by atoms with van der Waals surface area (Å²) in [6.07, 6.45) is 5.97. The van der Waals surface area contributed by atoms with E-state index >= 15 is 4.39 Å². The summed E-state index contributed by atoms with van der Waals surface area (Å²) in [4.78, 5) is 14.4. The zero-order valence-corrected chi connectivity index (χ0v) is 19.0. The third kappa shape index (κ3) is 4.61. The highest BCUT2D eigenvalue weighted by molar-refractivity contribution is 7.51. The number of thiazole rings is 1. The Hall–Kier alpha value is -2.15. The minimum absolute atomic E-state index is 0.323. The summed E-state index contributed by atoms with van der Waals surface area (Å²) >= 11 is 1.59. The van der Waals surface area contributed by atoms with Gasteiger partial charge in [0.05, 0.1) is 35.1 Å². The van der Waals surface area contributed by atoms with Crippen molar-refractivity contribution in [2.75, 3.05) is 30.7 Å². The molecule has 9 heteroatoms. The number of anilines is 2. The van der Waals surface area contributed by atoms with Crippen molar-refractivity contribution in [3.05, 3.63) is 41.3 Å². The van der Waals surface area contributed by atoms with Crippen LogP contribution < -0.4 is 10.8 Å².